The van der Waals surface area contributed by atoms with Crippen LogP contribution in [0.15, 0.2) is 41.5 Å². The topological polar surface area (TPSA) is 133 Å². The van der Waals surface area contributed by atoms with Gasteiger partial charge in [0.1, 0.15) is 30.0 Å². The van der Waals surface area contributed by atoms with Crippen molar-refractivity contribution in [3.8, 4) is 0 Å². The molecule has 2 saturated carbocycles. The fourth-order valence-electron chi connectivity index (χ4n) is 8.87. The van der Waals surface area contributed by atoms with Crippen LogP contribution in [0.4, 0.5) is 5.69 Å². The standard InChI is InChI=1S/C29H29NO9/c1-14(2)27-22(38-27)23-29(39-23)26(3)11-10-17-18(13-35-24(17)32)19(26)12-20-28(29,37-20)25(27)36-21(31)9-6-15-4-7-16(8-5-15)30(33)34/h4-9,14,19-20,22-23,25H,10-13H2,1-3H3/b9-6+/t19-,20-,22-,23-,25+,26-,27-,28+,29+/m0/s1. The van der Waals surface area contributed by atoms with Crippen molar-refractivity contribution in [2.45, 2.75) is 81.3 Å². The highest BCUT2D eigenvalue weighted by atomic mass is 16.8. The lowest BCUT2D eigenvalue weighted by molar-refractivity contribution is -0.384. The minimum absolute atomic E-state index is 0.0173. The molecule has 1 aromatic rings. The van der Waals surface area contributed by atoms with Crippen LogP contribution in [-0.4, -0.2) is 64.7 Å². The van der Waals surface area contributed by atoms with Crippen molar-refractivity contribution in [2.75, 3.05) is 6.61 Å². The molecule has 0 N–H and O–H groups in total. The fourth-order valence-corrected chi connectivity index (χ4v) is 8.87. The van der Waals surface area contributed by atoms with E-state index in [0.29, 0.717) is 18.6 Å². The van der Waals surface area contributed by atoms with Gasteiger partial charge in [0.25, 0.3) is 5.69 Å². The number of esters is 2. The number of carbonyl (C=O) groups excluding carboxylic acids is 2. The number of nitro benzene ring substituents is 1. The van der Waals surface area contributed by atoms with Crippen LogP contribution in [0.25, 0.3) is 6.08 Å². The molecule has 0 radical (unpaired) electrons. The van der Waals surface area contributed by atoms with E-state index in [-0.39, 0.29) is 47.2 Å². The summed E-state index contributed by atoms with van der Waals surface area (Å²) >= 11 is 0. The third-order valence-corrected chi connectivity index (χ3v) is 10.8. The van der Waals surface area contributed by atoms with Gasteiger partial charge in [-0.25, -0.2) is 9.59 Å². The second-order valence-corrected chi connectivity index (χ2v) is 12.5. The Hall–Kier alpha value is -3.08. The first-order valence-electron chi connectivity index (χ1n) is 13.7. The molecule has 9 atom stereocenters. The highest BCUT2D eigenvalue weighted by Gasteiger charge is 3.01. The molecule has 5 fully saturated rings. The van der Waals surface area contributed by atoms with Gasteiger partial charge in [-0.1, -0.05) is 20.8 Å². The first-order chi connectivity index (χ1) is 18.6. The number of rotatable bonds is 5. The lowest BCUT2D eigenvalue weighted by Crippen LogP contribution is -2.70. The van der Waals surface area contributed by atoms with Gasteiger partial charge >= 0.3 is 11.9 Å². The summed E-state index contributed by atoms with van der Waals surface area (Å²) in [6.45, 7) is 6.71. The summed E-state index contributed by atoms with van der Waals surface area (Å²) in [5.41, 5.74) is 0.0526. The number of fused-ring (bicyclic) bond motifs is 4. The number of nitro groups is 1. The van der Waals surface area contributed by atoms with E-state index in [1.807, 2.05) is 0 Å². The zero-order valence-corrected chi connectivity index (χ0v) is 21.9. The van der Waals surface area contributed by atoms with Crippen LogP contribution in [0.3, 0.4) is 0 Å². The summed E-state index contributed by atoms with van der Waals surface area (Å²) < 4.78 is 31.5. The third-order valence-electron chi connectivity index (χ3n) is 10.8. The average molecular weight is 536 g/mol. The van der Waals surface area contributed by atoms with E-state index < -0.39 is 33.8 Å². The van der Waals surface area contributed by atoms with Crippen molar-refractivity contribution in [3.05, 3.63) is 57.2 Å². The Morgan fingerprint density at radius 2 is 1.95 bits per heavy atom. The molecule has 2 spiro atoms. The lowest BCUT2D eigenvalue weighted by Gasteiger charge is -2.53. The average Bonchev–Trinajstić information content (AvgIpc) is 3.81. The van der Waals surface area contributed by atoms with Crippen LogP contribution in [0.1, 0.15) is 45.6 Å². The SMILES string of the molecule is CC(C)[C@]12O[C@H]1[C@@H]1O[C@]13[C@]1(O[C@H]1C[C@H]1C4=C(CC[C@@]13C)C(=O)OC4)[C@@H]2OC(=O)/C=C/c1ccc([N+](=O)[O-])cc1. The maximum absolute atomic E-state index is 13.3. The van der Waals surface area contributed by atoms with E-state index >= 15 is 0 Å². The summed E-state index contributed by atoms with van der Waals surface area (Å²) in [5.74, 6) is -0.568. The Balaban J connectivity index is 1.13. The molecule has 3 saturated heterocycles. The highest BCUT2D eigenvalue weighted by molar-refractivity contribution is 5.92. The normalized spacial score (nSPS) is 45.8. The second kappa shape index (κ2) is 7.16. The molecular formula is C29H29NO9. The molecule has 4 aliphatic heterocycles. The quantitative estimate of drug-likeness (QED) is 0.183. The number of nitrogens with zero attached hydrogens (tertiary/aromatic N) is 1. The summed E-state index contributed by atoms with van der Waals surface area (Å²) in [5, 5.41) is 10.9. The largest absolute Gasteiger partial charge is 0.458 e. The number of hydrogen-bond donors (Lipinski definition) is 0. The first kappa shape index (κ1) is 23.8. The molecule has 10 heteroatoms. The van der Waals surface area contributed by atoms with Crippen molar-refractivity contribution in [1.82, 2.24) is 0 Å². The van der Waals surface area contributed by atoms with Crippen molar-refractivity contribution < 1.29 is 38.2 Å². The molecule has 3 aliphatic carbocycles. The van der Waals surface area contributed by atoms with Gasteiger partial charge < -0.3 is 23.7 Å². The monoisotopic (exact) mass is 535 g/mol. The Kier molecular flexibility index (Phi) is 4.36. The minimum Gasteiger partial charge on any atom is -0.458 e. The lowest BCUT2D eigenvalue weighted by atomic mass is 9.46. The molecule has 7 aliphatic rings. The number of ether oxygens (including phenoxy) is 5. The predicted octanol–water partition coefficient (Wildman–Crippen LogP) is 3.28. The number of carbonyl (C=O) groups is 2. The van der Waals surface area contributed by atoms with Crippen molar-refractivity contribution in [2.24, 2.45) is 17.3 Å². The summed E-state index contributed by atoms with van der Waals surface area (Å²) in [6, 6.07) is 5.96. The minimum atomic E-state index is -0.807. The zero-order valence-electron chi connectivity index (χ0n) is 21.9. The first-order valence-corrected chi connectivity index (χ1v) is 13.7. The van der Waals surface area contributed by atoms with Crippen LogP contribution in [0, 0.1) is 27.4 Å². The van der Waals surface area contributed by atoms with Crippen molar-refractivity contribution >= 4 is 23.7 Å². The summed E-state index contributed by atoms with van der Waals surface area (Å²) in [7, 11) is 0. The van der Waals surface area contributed by atoms with Gasteiger partial charge in [0.2, 0.25) is 0 Å². The molecular weight excluding hydrogens is 506 g/mol. The van der Waals surface area contributed by atoms with Crippen LogP contribution in [-0.2, 0) is 33.3 Å². The van der Waals surface area contributed by atoms with E-state index in [0.717, 1.165) is 24.0 Å². The van der Waals surface area contributed by atoms with Gasteiger partial charge in [-0.05, 0) is 60.4 Å². The Bertz CT molecular complexity index is 1420. The number of hydrogen-bond acceptors (Lipinski definition) is 9. The molecule has 4 heterocycles. The smallest absolute Gasteiger partial charge is 0.334 e. The molecule has 0 amide bonds. The van der Waals surface area contributed by atoms with Gasteiger partial charge in [-0.3, -0.25) is 10.1 Å². The Labute approximate surface area is 224 Å². The molecule has 0 bridgehead atoms. The van der Waals surface area contributed by atoms with E-state index in [1.165, 1.54) is 18.2 Å². The molecule has 10 nitrogen and oxygen atoms in total. The van der Waals surface area contributed by atoms with E-state index in [1.54, 1.807) is 18.2 Å². The van der Waals surface area contributed by atoms with Gasteiger partial charge in [0.05, 0.1) is 11.0 Å². The van der Waals surface area contributed by atoms with Crippen LogP contribution >= 0.6 is 0 Å². The maximum atomic E-state index is 13.3. The predicted molar refractivity (Wildman–Crippen MR) is 133 cm³/mol. The van der Waals surface area contributed by atoms with E-state index in [9.17, 15) is 19.7 Å². The van der Waals surface area contributed by atoms with Gasteiger partial charge in [0, 0.05) is 29.2 Å². The van der Waals surface area contributed by atoms with Crippen molar-refractivity contribution in [1.29, 1.82) is 0 Å². The molecule has 1 aromatic carbocycles. The molecule has 39 heavy (non-hydrogen) atoms. The van der Waals surface area contributed by atoms with Gasteiger partial charge in [-0.15, -0.1) is 0 Å². The Morgan fingerprint density at radius 1 is 1.18 bits per heavy atom. The molecule has 8 rings (SSSR count). The van der Waals surface area contributed by atoms with Gasteiger partial charge in [-0.2, -0.15) is 0 Å². The van der Waals surface area contributed by atoms with Crippen LogP contribution in [0.2, 0.25) is 0 Å². The molecule has 0 aromatic heterocycles. The second-order valence-electron chi connectivity index (χ2n) is 12.5. The summed E-state index contributed by atoms with van der Waals surface area (Å²) in [4.78, 5) is 36.1. The Morgan fingerprint density at radius 3 is 2.67 bits per heavy atom. The van der Waals surface area contributed by atoms with Crippen LogP contribution in [0.5, 0.6) is 0 Å². The fraction of sp³-hybridized carbons (Fsp3) is 0.586. The number of cyclic esters (lactones) is 1. The zero-order chi connectivity index (χ0) is 27.1. The molecule has 0 unspecified atom stereocenters. The summed E-state index contributed by atoms with van der Waals surface area (Å²) in [6.07, 6.45) is 3.88. The van der Waals surface area contributed by atoms with E-state index in [4.69, 9.17) is 23.7 Å². The number of non-ortho nitro benzene ring substituents is 1. The third kappa shape index (κ3) is 2.63. The van der Waals surface area contributed by atoms with Crippen LogP contribution < -0.4 is 0 Å². The van der Waals surface area contributed by atoms with E-state index in [2.05, 4.69) is 20.8 Å². The van der Waals surface area contributed by atoms with Gasteiger partial charge in [0.15, 0.2) is 11.7 Å². The number of epoxide rings is 3. The molecule has 204 valence electrons. The maximum Gasteiger partial charge on any atom is 0.334 e. The highest BCUT2D eigenvalue weighted by Crippen LogP contribution is 2.83. The number of benzene rings is 1. The van der Waals surface area contributed by atoms with Crippen molar-refractivity contribution in [3.63, 3.8) is 0 Å².